The molecule has 0 aliphatic carbocycles. The van der Waals surface area contributed by atoms with Gasteiger partial charge in [0.05, 0.1) is 6.54 Å². The van der Waals surface area contributed by atoms with E-state index in [2.05, 4.69) is 33.8 Å². The lowest BCUT2D eigenvalue weighted by atomic mass is 10.4. The normalized spacial score (nSPS) is 10.9. The Hall–Kier alpha value is -0.550. The van der Waals surface area contributed by atoms with Crippen molar-refractivity contribution in [3.63, 3.8) is 0 Å². The first-order valence-corrected chi connectivity index (χ1v) is 9.42. The van der Waals surface area contributed by atoms with Gasteiger partial charge in [-0.1, -0.05) is 6.92 Å². The lowest BCUT2D eigenvalue weighted by molar-refractivity contribution is -0.127. The SMILES string of the molecule is CCc1cnc(CNC(=NCC(=O)N(C)C)NCCSC)s1.I. The maximum atomic E-state index is 11.6. The van der Waals surface area contributed by atoms with E-state index >= 15 is 0 Å². The first-order chi connectivity index (χ1) is 10.6. The van der Waals surface area contributed by atoms with Gasteiger partial charge in [-0.2, -0.15) is 11.8 Å². The summed E-state index contributed by atoms with van der Waals surface area (Å²) in [6.45, 7) is 3.68. The van der Waals surface area contributed by atoms with Crippen molar-refractivity contribution in [2.45, 2.75) is 19.9 Å². The van der Waals surface area contributed by atoms with Crippen LogP contribution in [0.15, 0.2) is 11.2 Å². The first-order valence-electron chi connectivity index (χ1n) is 7.21. The van der Waals surface area contributed by atoms with Gasteiger partial charge in [-0.25, -0.2) is 9.98 Å². The van der Waals surface area contributed by atoms with Gasteiger partial charge in [0.2, 0.25) is 5.91 Å². The molecule has 0 aromatic carbocycles. The van der Waals surface area contributed by atoms with Crippen molar-refractivity contribution in [2.24, 2.45) is 4.99 Å². The van der Waals surface area contributed by atoms with E-state index in [0.29, 0.717) is 12.5 Å². The van der Waals surface area contributed by atoms with Gasteiger partial charge in [-0.3, -0.25) is 4.79 Å². The number of guanidine groups is 1. The van der Waals surface area contributed by atoms with E-state index in [4.69, 9.17) is 0 Å². The van der Waals surface area contributed by atoms with E-state index in [-0.39, 0.29) is 36.4 Å². The zero-order valence-electron chi connectivity index (χ0n) is 14.1. The summed E-state index contributed by atoms with van der Waals surface area (Å²) in [5.41, 5.74) is 0. The number of rotatable bonds is 8. The van der Waals surface area contributed by atoms with Gasteiger partial charge in [-0.05, 0) is 12.7 Å². The quantitative estimate of drug-likeness (QED) is 0.262. The lowest BCUT2D eigenvalue weighted by Gasteiger charge is -2.12. The molecule has 0 bridgehead atoms. The molecule has 0 fully saturated rings. The molecule has 1 aromatic rings. The van der Waals surface area contributed by atoms with Crippen LogP contribution in [0, 0.1) is 0 Å². The predicted molar refractivity (Wildman–Crippen MR) is 111 cm³/mol. The highest BCUT2D eigenvalue weighted by atomic mass is 127. The van der Waals surface area contributed by atoms with Crippen molar-refractivity contribution < 1.29 is 4.79 Å². The van der Waals surface area contributed by atoms with Crippen molar-refractivity contribution in [3.8, 4) is 0 Å². The molecule has 0 saturated carbocycles. The standard InChI is InChI=1S/C14H25N5OS2.HI/c1-5-11-8-16-12(22-11)9-17-14(15-6-7-21-4)18-10-13(20)19(2)3;/h8H,5-7,9-10H2,1-4H3,(H2,15,17,18);1H. The maximum absolute atomic E-state index is 11.6. The fraction of sp³-hybridized carbons (Fsp3) is 0.643. The average molecular weight is 471 g/mol. The fourth-order valence-electron chi connectivity index (χ4n) is 1.49. The molecule has 0 spiro atoms. The van der Waals surface area contributed by atoms with Crippen LogP contribution in [0.3, 0.4) is 0 Å². The minimum Gasteiger partial charge on any atom is -0.356 e. The van der Waals surface area contributed by atoms with E-state index in [9.17, 15) is 4.79 Å². The Kier molecular flexibility index (Phi) is 12.5. The summed E-state index contributed by atoms with van der Waals surface area (Å²) in [7, 11) is 3.46. The molecule has 0 saturated heterocycles. The van der Waals surface area contributed by atoms with Crippen LogP contribution in [0.25, 0.3) is 0 Å². The molecule has 0 aliphatic heterocycles. The van der Waals surface area contributed by atoms with Crippen LogP contribution in [-0.2, 0) is 17.8 Å². The second kappa shape index (κ2) is 12.8. The highest BCUT2D eigenvalue weighted by molar-refractivity contribution is 14.0. The lowest BCUT2D eigenvalue weighted by Crippen LogP contribution is -2.39. The largest absolute Gasteiger partial charge is 0.356 e. The highest BCUT2D eigenvalue weighted by Crippen LogP contribution is 2.12. The summed E-state index contributed by atoms with van der Waals surface area (Å²) in [6.07, 6.45) is 4.97. The number of halogens is 1. The number of likely N-dealkylation sites (N-methyl/N-ethyl adjacent to an activating group) is 1. The van der Waals surface area contributed by atoms with Crippen LogP contribution >= 0.6 is 47.1 Å². The third-order valence-corrected chi connectivity index (χ3v) is 4.58. The monoisotopic (exact) mass is 471 g/mol. The molecule has 132 valence electrons. The van der Waals surface area contributed by atoms with Crippen LogP contribution in [0.5, 0.6) is 0 Å². The van der Waals surface area contributed by atoms with Gasteiger partial charge >= 0.3 is 0 Å². The zero-order valence-corrected chi connectivity index (χ0v) is 18.1. The third-order valence-electron chi connectivity index (χ3n) is 2.83. The van der Waals surface area contributed by atoms with E-state index in [1.54, 1.807) is 37.2 Å². The average Bonchev–Trinajstić information content (AvgIpc) is 2.97. The summed E-state index contributed by atoms with van der Waals surface area (Å²) < 4.78 is 0. The smallest absolute Gasteiger partial charge is 0.243 e. The van der Waals surface area contributed by atoms with Gasteiger partial charge in [0, 0.05) is 37.5 Å². The van der Waals surface area contributed by atoms with Gasteiger partial charge in [-0.15, -0.1) is 35.3 Å². The molecule has 9 heteroatoms. The Morgan fingerprint density at radius 2 is 2.17 bits per heavy atom. The Balaban J connectivity index is 0.00000484. The van der Waals surface area contributed by atoms with Gasteiger partial charge < -0.3 is 15.5 Å². The molecule has 1 aromatic heterocycles. The molecule has 1 rings (SSSR count). The molecular weight excluding hydrogens is 445 g/mol. The minimum atomic E-state index is -0.0199. The zero-order chi connectivity index (χ0) is 16.4. The maximum Gasteiger partial charge on any atom is 0.243 e. The third kappa shape index (κ3) is 9.36. The number of aliphatic imine (C=N–C) groups is 1. The Morgan fingerprint density at radius 3 is 2.74 bits per heavy atom. The summed E-state index contributed by atoms with van der Waals surface area (Å²) >= 11 is 3.46. The number of aromatic nitrogens is 1. The Labute approximate surface area is 163 Å². The van der Waals surface area contributed by atoms with Crippen LogP contribution in [0.1, 0.15) is 16.8 Å². The van der Waals surface area contributed by atoms with Gasteiger partial charge in [0.15, 0.2) is 5.96 Å². The minimum absolute atomic E-state index is 0. The predicted octanol–water partition coefficient (Wildman–Crippen LogP) is 1.81. The summed E-state index contributed by atoms with van der Waals surface area (Å²) in [4.78, 5) is 23.2. The topological polar surface area (TPSA) is 69.6 Å². The molecule has 1 amide bonds. The number of carbonyl (C=O) groups excluding carboxylic acids is 1. The van der Waals surface area contributed by atoms with Crippen LogP contribution in [-0.4, -0.2) is 60.9 Å². The number of nitrogens with zero attached hydrogens (tertiary/aromatic N) is 3. The Bertz CT molecular complexity index is 493. The van der Waals surface area contributed by atoms with E-state index in [1.165, 1.54) is 9.78 Å². The second-order valence-electron chi connectivity index (χ2n) is 4.80. The summed E-state index contributed by atoms with van der Waals surface area (Å²) in [6, 6.07) is 0. The van der Waals surface area contributed by atoms with Gasteiger partial charge in [0.1, 0.15) is 11.6 Å². The molecule has 1 heterocycles. The van der Waals surface area contributed by atoms with Crippen molar-refractivity contribution in [1.82, 2.24) is 20.5 Å². The number of hydrogen-bond acceptors (Lipinski definition) is 5. The molecule has 23 heavy (non-hydrogen) atoms. The number of nitrogens with one attached hydrogen (secondary N) is 2. The number of carbonyl (C=O) groups is 1. The number of hydrogen-bond donors (Lipinski definition) is 2. The first kappa shape index (κ1) is 22.4. The van der Waals surface area contributed by atoms with Crippen molar-refractivity contribution >= 4 is 58.9 Å². The van der Waals surface area contributed by atoms with Crippen LogP contribution in [0.4, 0.5) is 0 Å². The fourth-order valence-corrected chi connectivity index (χ4v) is 2.59. The molecular formula is C14H26IN5OS2. The Morgan fingerprint density at radius 1 is 1.43 bits per heavy atom. The van der Waals surface area contributed by atoms with E-state index < -0.39 is 0 Å². The number of thiazole rings is 1. The summed E-state index contributed by atoms with van der Waals surface area (Å²) in [5.74, 6) is 1.62. The van der Waals surface area contributed by atoms with Crippen LogP contribution in [0.2, 0.25) is 0 Å². The van der Waals surface area contributed by atoms with Gasteiger partial charge in [0.25, 0.3) is 0 Å². The highest BCUT2D eigenvalue weighted by Gasteiger charge is 2.06. The molecule has 0 unspecified atom stereocenters. The van der Waals surface area contributed by atoms with E-state index in [0.717, 1.165) is 23.7 Å². The van der Waals surface area contributed by atoms with Crippen LogP contribution < -0.4 is 10.6 Å². The van der Waals surface area contributed by atoms with Crippen molar-refractivity contribution in [1.29, 1.82) is 0 Å². The molecule has 0 aliphatic rings. The number of aryl methyl sites for hydroxylation is 1. The molecule has 0 atom stereocenters. The van der Waals surface area contributed by atoms with E-state index in [1.807, 2.05) is 6.20 Å². The summed E-state index contributed by atoms with van der Waals surface area (Å²) in [5, 5.41) is 7.49. The second-order valence-corrected chi connectivity index (χ2v) is 6.99. The van der Waals surface area contributed by atoms with Crippen molar-refractivity contribution in [3.05, 3.63) is 16.1 Å². The molecule has 0 radical (unpaired) electrons. The van der Waals surface area contributed by atoms with Crippen molar-refractivity contribution in [2.75, 3.05) is 39.2 Å². The number of thioether (sulfide) groups is 1. The molecule has 2 N–H and O–H groups in total. The molecule has 6 nitrogen and oxygen atoms in total. The number of amides is 1.